The molecule has 2 heterocycles. The van der Waals surface area contributed by atoms with Crippen LogP contribution in [-0.4, -0.2) is 100 Å². The van der Waals surface area contributed by atoms with Crippen molar-refractivity contribution < 1.29 is 71.8 Å². The first-order valence-electron chi connectivity index (χ1n) is 20.6. The number of amides is 2. The Balaban J connectivity index is 1.54. The number of nitrogens with zero attached hydrogens (tertiary/aromatic N) is 2. The van der Waals surface area contributed by atoms with Gasteiger partial charge in [-0.25, -0.2) is 0 Å². The first kappa shape index (κ1) is 49.6. The molecule has 19 nitrogen and oxygen atoms in total. The Kier molecular flexibility index (Phi) is 17.1. The highest BCUT2D eigenvalue weighted by Crippen LogP contribution is 2.42. The van der Waals surface area contributed by atoms with Gasteiger partial charge in [-0.05, 0) is 80.5 Å². The Labute approximate surface area is 372 Å². The molecule has 1 atom stereocenters. The van der Waals surface area contributed by atoms with E-state index in [0.29, 0.717) is 52.9 Å². The van der Waals surface area contributed by atoms with Crippen molar-refractivity contribution in [3.63, 3.8) is 0 Å². The number of aryl methyl sites for hydroxylation is 1. The van der Waals surface area contributed by atoms with Gasteiger partial charge in [-0.1, -0.05) is 42.8 Å². The number of para-hydroxylation sites is 4. The zero-order valence-corrected chi connectivity index (χ0v) is 37.6. The maximum atomic E-state index is 14.4. The van der Waals surface area contributed by atoms with Crippen LogP contribution in [-0.2, 0) is 56.0 Å². The molecule has 0 saturated heterocycles. The fourth-order valence-corrected chi connectivity index (χ4v) is 8.71. The van der Waals surface area contributed by atoms with E-state index in [1.807, 2.05) is 0 Å². The topological polar surface area (TPSA) is 277 Å². The number of nitrogens with one attached hydrogen (secondary N) is 2. The fourth-order valence-electron chi connectivity index (χ4n) is 7.36. The second-order valence-corrected chi connectivity index (χ2v) is 19.9. The Morgan fingerprint density at radius 3 is 2.19 bits per heavy atom. The molecule has 1 aliphatic heterocycles. The standard InChI is InChI=1S/C42H52N4O15S3/c1-2-59-39(47)16-4-3-9-21-43-40(48)42(41(49)44-22-27-64(56,57)58)29-31(17-19-37-45(23-10-25-62(50,51)52)33-12-5-7-14-35(33)60-37)28-32(30-42)18-20-38-46(24-11-26-63(53,54)55)34-13-6-8-15-36(34)61-38/h5-8,12-15,17-20,28H,2-4,9-11,16,21-27,29-30H2,1H3,(H4-,43,44,48,49,50,51,52,53,54,55,56,57,58)/p+1. The Morgan fingerprint density at radius 2 is 1.47 bits per heavy atom. The molecule has 5 N–H and O–H groups in total. The predicted octanol–water partition coefficient (Wildman–Crippen LogP) is 3.91. The molecule has 5 rings (SSSR count). The van der Waals surface area contributed by atoms with Gasteiger partial charge in [-0.3, -0.25) is 28.0 Å². The van der Waals surface area contributed by atoms with Crippen molar-refractivity contribution >= 4 is 71.0 Å². The van der Waals surface area contributed by atoms with E-state index in [4.69, 9.17) is 13.9 Å². The van der Waals surface area contributed by atoms with Crippen molar-refractivity contribution in [1.29, 1.82) is 0 Å². The largest absolute Gasteiger partial charge is 0.466 e. The van der Waals surface area contributed by atoms with Crippen LogP contribution in [0.1, 0.15) is 64.2 Å². The van der Waals surface area contributed by atoms with E-state index in [-0.39, 0.29) is 76.1 Å². The molecule has 348 valence electrons. The van der Waals surface area contributed by atoms with Crippen LogP contribution < -0.4 is 24.8 Å². The first-order valence-corrected chi connectivity index (χ1v) is 25.4. The number of anilines is 1. The summed E-state index contributed by atoms with van der Waals surface area (Å²) in [5.74, 6) is -2.62. The van der Waals surface area contributed by atoms with Gasteiger partial charge in [0.05, 0.1) is 35.6 Å². The molecular weight excluding hydrogens is 897 g/mol. The van der Waals surface area contributed by atoms with Gasteiger partial charge in [0.15, 0.2) is 12.3 Å². The molecular formula is C42H53N4O15S3+. The van der Waals surface area contributed by atoms with Crippen LogP contribution in [0, 0.1) is 5.41 Å². The monoisotopic (exact) mass is 949 g/mol. The van der Waals surface area contributed by atoms with Crippen LogP contribution in [0.3, 0.4) is 0 Å². The molecule has 1 aromatic heterocycles. The third-order valence-corrected chi connectivity index (χ3v) is 12.6. The normalized spacial score (nSPS) is 18.0. The summed E-state index contributed by atoms with van der Waals surface area (Å²) in [4.78, 5) is 42.3. The van der Waals surface area contributed by atoms with E-state index in [2.05, 4.69) is 10.6 Å². The Bertz CT molecular complexity index is 2650. The predicted molar refractivity (Wildman–Crippen MR) is 235 cm³/mol. The van der Waals surface area contributed by atoms with Gasteiger partial charge in [-0.2, -0.15) is 29.8 Å². The molecule has 2 amide bonds. The van der Waals surface area contributed by atoms with E-state index >= 15 is 0 Å². The van der Waals surface area contributed by atoms with E-state index in [1.54, 1.807) is 95.3 Å². The van der Waals surface area contributed by atoms with Crippen molar-refractivity contribution in [2.75, 3.05) is 48.4 Å². The summed E-state index contributed by atoms with van der Waals surface area (Å²) in [6, 6.07) is 14.1. The number of hydrogen-bond acceptors (Lipinski definition) is 13. The van der Waals surface area contributed by atoms with Crippen LogP contribution >= 0.6 is 0 Å². The number of carbonyl (C=O) groups excluding carboxylic acids is 3. The summed E-state index contributed by atoms with van der Waals surface area (Å²) < 4.78 is 117. The Morgan fingerprint density at radius 1 is 0.797 bits per heavy atom. The highest BCUT2D eigenvalue weighted by Gasteiger charge is 2.48. The minimum absolute atomic E-state index is 0.0483. The number of benzene rings is 2. The van der Waals surface area contributed by atoms with Gasteiger partial charge < -0.3 is 29.4 Å². The van der Waals surface area contributed by atoms with Gasteiger partial charge in [0.2, 0.25) is 23.3 Å². The molecule has 1 unspecified atom stereocenters. The average molecular weight is 950 g/mol. The molecule has 0 radical (unpaired) electrons. The van der Waals surface area contributed by atoms with E-state index in [0.717, 1.165) is 0 Å². The maximum Gasteiger partial charge on any atom is 0.374 e. The molecule has 2 aliphatic rings. The summed E-state index contributed by atoms with van der Waals surface area (Å²) >= 11 is 0. The van der Waals surface area contributed by atoms with Crippen LogP contribution in [0.2, 0.25) is 0 Å². The molecule has 0 spiro atoms. The van der Waals surface area contributed by atoms with Gasteiger partial charge in [0.25, 0.3) is 35.9 Å². The molecule has 0 bridgehead atoms. The quantitative estimate of drug-likeness (QED) is 0.0296. The van der Waals surface area contributed by atoms with Crippen LogP contribution in [0.25, 0.3) is 17.2 Å². The summed E-state index contributed by atoms with van der Waals surface area (Å²) in [6.45, 7) is 1.87. The average Bonchev–Trinajstić information content (AvgIpc) is 3.76. The fraction of sp³-hybridized carbons (Fsp3) is 0.429. The zero-order valence-electron chi connectivity index (χ0n) is 35.2. The van der Waals surface area contributed by atoms with Crippen molar-refractivity contribution in [2.45, 2.75) is 64.8 Å². The molecule has 64 heavy (non-hydrogen) atoms. The minimum Gasteiger partial charge on any atom is -0.466 e. The second kappa shape index (κ2) is 22.0. The number of fused-ring (bicyclic) bond motifs is 2. The lowest BCUT2D eigenvalue weighted by Gasteiger charge is -2.35. The van der Waals surface area contributed by atoms with E-state index < -0.39 is 71.4 Å². The number of esters is 1. The van der Waals surface area contributed by atoms with E-state index in [9.17, 15) is 53.3 Å². The Hall–Kier alpha value is -5.39. The van der Waals surface area contributed by atoms with Crippen molar-refractivity contribution in [3.05, 3.63) is 95.8 Å². The number of allylic oxidation sites excluding steroid dienone is 6. The second-order valence-electron chi connectivity index (χ2n) is 15.2. The zero-order chi connectivity index (χ0) is 46.5. The molecule has 2 aromatic carbocycles. The first-order chi connectivity index (χ1) is 30.3. The summed E-state index contributed by atoms with van der Waals surface area (Å²) in [5.41, 5.74) is 0.737. The third kappa shape index (κ3) is 14.6. The molecule has 0 fully saturated rings. The number of carbonyl (C=O) groups is 3. The summed E-state index contributed by atoms with van der Waals surface area (Å²) in [7, 11) is -13.0. The number of hydrogen-bond donors (Lipinski definition) is 5. The van der Waals surface area contributed by atoms with E-state index in [1.165, 1.54) is 0 Å². The van der Waals surface area contributed by atoms with Crippen LogP contribution in [0.4, 0.5) is 5.69 Å². The number of aromatic nitrogens is 1. The highest BCUT2D eigenvalue weighted by molar-refractivity contribution is 7.86. The molecule has 22 heteroatoms. The van der Waals surface area contributed by atoms with Crippen LogP contribution in [0.5, 0.6) is 5.75 Å². The number of ether oxygens (including phenoxy) is 2. The maximum absolute atomic E-state index is 14.4. The summed E-state index contributed by atoms with van der Waals surface area (Å²) in [5, 5.41) is 5.37. The minimum atomic E-state index is -4.49. The molecule has 0 saturated carbocycles. The molecule has 3 aromatic rings. The van der Waals surface area contributed by atoms with Crippen molar-refractivity contribution in [1.82, 2.24) is 10.6 Å². The van der Waals surface area contributed by atoms with Gasteiger partial charge >= 0.3 is 11.9 Å². The van der Waals surface area contributed by atoms with Crippen molar-refractivity contribution in [2.24, 2.45) is 5.41 Å². The number of oxazole rings is 1. The number of rotatable bonds is 23. The van der Waals surface area contributed by atoms with Gasteiger partial charge in [-0.15, -0.1) is 0 Å². The van der Waals surface area contributed by atoms with Crippen molar-refractivity contribution in [3.8, 4) is 5.75 Å². The molecule has 1 aliphatic carbocycles. The van der Waals surface area contributed by atoms with Gasteiger partial charge in [0.1, 0.15) is 5.41 Å². The van der Waals surface area contributed by atoms with Gasteiger partial charge in [0, 0.05) is 38.5 Å². The SMILES string of the molecule is CCOC(=O)CCCCCNC(=O)C1(C(=O)NCCS(=O)(=O)O)CC(/C=C/c2oc3ccccc3[n+]2CCCS(=O)(=O)O)=CC(=C/C=C2\Oc3ccccc3N2CCCS(=O)(=O)O)/C1. The lowest BCUT2D eigenvalue weighted by molar-refractivity contribution is -0.677. The lowest BCUT2D eigenvalue weighted by atomic mass is 9.70. The van der Waals surface area contributed by atoms with Crippen LogP contribution in [0.15, 0.2) is 94.3 Å². The summed E-state index contributed by atoms with van der Waals surface area (Å²) in [6.07, 6.45) is 9.61. The lowest BCUT2D eigenvalue weighted by Crippen LogP contribution is -2.53. The number of unbranched alkanes of at least 4 members (excludes halogenated alkanes) is 2. The smallest absolute Gasteiger partial charge is 0.374 e. The highest BCUT2D eigenvalue weighted by atomic mass is 32.2. The third-order valence-electron chi connectivity index (χ3n) is 10.3.